The Morgan fingerprint density at radius 2 is 2.19 bits per heavy atom. The molecular formula is C14H19FO. The van der Waals surface area contributed by atoms with Gasteiger partial charge >= 0.3 is 0 Å². The molecule has 0 bridgehead atoms. The first-order chi connectivity index (χ1) is 7.69. The molecule has 0 saturated heterocycles. The smallest absolute Gasteiger partial charge is 0.165 e. The largest absolute Gasteiger partial charge is 0.487 e. The quantitative estimate of drug-likeness (QED) is 0.752. The van der Waals surface area contributed by atoms with Gasteiger partial charge in [-0.15, -0.1) is 0 Å². The van der Waals surface area contributed by atoms with Crippen molar-refractivity contribution in [3.63, 3.8) is 0 Å². The molecule has 2 heteroatoms. The van der Waals surface area contributed by atoms with Crippen LogP contribution in [0.15, 0.2) is 18.2 Å². The van der Waals surface area contributed by atoms with Crippen LogP contribution in [0.5, 0.6) is 5.75 Å². The first-order valence-corrected chi connectivity index (χ1v) is 6.14. The van der Waals surface area contributed by atoms with Gasteiger partial charge in [0.1, 0.15) is 0 Å². The van der Waals surface area contributed by atoms with Crippen molar-refractivity contribution in [3.8, 4) is 5.75 Å². The van der Waals surface area contributed by atoms with Gasteiger partial charge in [0.15, 0.2) is 11.6 Å². The summed E-state index contributed by atoms with van der Waals surface area (Å²) in [5.41, 5.74) is 1.02. The molecule has 2 atom stereocenters. The van der Waals surface area contributed by atoms with E-state index in [4.69, 9.17) is 4.74 Å². The Hall–Kier alpha value is -1.05. The molecule has 1 saturated carbocycles. The predicted octanol–water partition coefficient (Wildman–Crippen LogP) is 3.96. The molecule has 1 nitrogen and oxygen atoms in total. The maximum atomic E-state index is 13.7. The average Bonchev–Trinajstić information content (AvgIpc) is 2.67. The van der Waals surface area contributed by atoms with Crippen LogP contribution in [0.4, 0.5) is 4.39 Å². The second-order valence-corrected chi connectivity index (χ2v) is 4.78. The molecular weight excluding hydrogens is 203 g/mol. The Morgan fingerprint density at radius 3 is 2.75 bits per heavy atom. The molecule has 2 rings (SSSR count). The fourth-order valence-electron chi connectivity index (χ4n) is 2.30. The third kappa shape index (κ3) is 2.55. The lowest BCUT2D eigenvalue weighted by molar-refractivity contribution is 0.196. The highest BCUT2D eigenvalue weighted by atomic mass is 19.1. The summed E-state index contributed by atoms with van der Waals surface area (Å²) in [7, 11) is 0. The van der Waals surface area contributed by atoms with Crippen LogP contribution in [-0.4, -0.2) is 6.10 Å². The van der Waals surface area contributed by atoms with Crippen LogP contribution in [0.2, 0.25) is 0 Å². The van der Waals surface area contributed by atoms with Gasteiger partial charge in [-0.1, -0.05) is 19.9 Å². The highest BCUT2D eigenvalue weighted by Gasteiger charge is 2.23. The zero-order valence-electron chi connectivity index (χ0n) is 10.0. The fourth-order valence-corrected chi connectivity index (χ4v) is 2.30. The standard InChI is InChI=1S/C14H19FO/c1-3-11-5-7-14(13(15)9-11)16-12-6-4-10(2)8-12/h5,7,9-10,12H,3-4,6,8H2,1-2H3. The maximum absolute atomic E-state index is 13.7. The van der Waals surface area contributed by atoms with E-state index in [1.165, 1.54) is 6.42 Å². The lowest BCUT2D eigenvalue weighted by Crippen LogP contribution is -2.12. The van der Waals surface area contributed by atoms with Gasteiger partial charge in [0.2, 0.25) is 0 Å². The molecule has 2 unspecified atom stereocenters. The summed E-state index contributed by atoms with van der Waals surface area (Å²) in [4.78, 5) is 0. The van der Waals surface area contributed by atoms with E-state index in [-0.39, 0.29) is 11.9 Å². The monoisotopic (exact) mass is 222 g/mol. The van der Waals surface area contributed by atoms with Crippen LogP contribution >= 0.6 is 0 Å². The highest BCUT2D eigenvalue weighted by molar-refractivity contribution is 5.29. The van der Waals surface area contributed by atoms with Crippen LogP contribution in [0.25, 0.3) is 0 Å². The van der Waals surface area contributed by atoms with Crippen molar-refractivity contribution >= 4 is 0 Å². The number of hydrogen-bond acceptors (Lipinski definition) is 1. The second kappa shape index (κ2) is 4.86. The van der Waals surface area contributed by atoms with Crippen molar-refractivity contribution in [1.82, 2.24) is 0 Å². The number of hydrogen-bond donors (Lipinski definition) is 0. The third-order valence-electron chi connectivity index (χ3n) is 3.34. The molecule has 0 heterocycles. The van der Waals surface area contributed by atoms with Gasteiger partial charge in [0.25, 0.3) is 0 Å². The van der Waals surface area contributed by atoms with Crippen molar-refractivity contribution in [2.24, 2.45) is 5.92 Å². The molecule has 0 aliphatic heterocycles. The summed E-state index contributed by atoms with van der Waals surface area (Å²) in [6, 6.07) is 5.28. The van der Waals surface area contributed by atoms with Crippen LogP contribution in [0, 0.1) is 11.7 Å². The molecule has 16 heavy (non-hydrogen) atoms. The first kappa shape index (κ1) is 11.4. The number of halogens is 1. The van der Waals surface area contributed by atoms with E-state index < -0.39 is 0 Å². The van der Waals surface area contributed by atoms with Crippen molar-refractivity contribution in [2.45, 2.75) is 45.6 Å². The van der Waals surface area contributed by atoms with Gasteiger partial charge in [-0.3, -0.25) is 0 Å². The molecule has 1 aliphatic rings. The van der Waals surface area contributed by atoms with Crippen LogP contribution in [-0.2, 0) is 6.42 Å². The number of aryl methyl sites for hydroxylation is 1. The van der Waals surface area contributed by atoms with Gasteiger partial charge in [-0.25, -0.2) is 4.39 Å². The average molecular weight is 222 g/mol. The molecule has 0 spiro atoms. The van der Waals surface area contributed by atoms with E-state index in [9.17, 15) is 4.39 Å². The van der Waals surface area contributed by atoms with Crippen molar-refractivity contribution in [3.05, 3.63) is 29.6 Å². The van der Waals surface area contributed by atoms with E-state index in [2.05, 4.69) is 6.92 Å². The topological polar surface area (TPSA) is 9.23 Å². The Labute approximate surface area is 96.6 Å². The highest BCUT2D eigenvalue weighted by Crippen LogP contribution is 2.30. The molecule has 0 N–H and O–H groups in total. The molecule has 1 aliphatic carbocycles. The summed E-state index contributed by atoms with van der Waals surface area (Å²) >= 11 is 0. The molecule has 1 aromatic rings. The zero-order chi connectivity index (χ0) is 11.5. The summed E-state index contributed by atoms with van der Waals surface area (Å²) < 4.78 is 19.4. The van der Waals surface area contributed by atoms with Crippen LogP contribution in [0.1, 0.15) is 38.7 Å². The lowest BCUT2D eigenvalue weighted by atomic mass is 10.1. The Morgan fingerprint density at radius 1 is 1.38 bits per heavy atom. The Kier molecular flexibility index (Phi) is 3.47. The molecule has 1 aromatic carbocycles. The zero-order valence-corrected chi connectivity index (χ0v) is 10.0. The molecule has 1 fully saturated rings. The van der Waals surface area contributed by atoms with Crippen molar-refractivity contribution in [1.29, 1.82) is 0 Å². The van der Waals surface area contributed by atoms with Gasteiger partial charge in [0.05, 0.1) is 6.10 Å². The molecule has 0 radical (unpaired) electrons. The van der Waals surface area contributed by atoms with Crippen molar-refractivity contribution < 1.29 is 9.13 Å². The van der Waals surface area contributed by atoms with Gasteiger partial charge < -0.3 is 4.74 Å². The molecule has 0 aromatic heterocycles. The van der Waals surface area contributed by atoms with E-state index in [1.54, 1.807) is 12.1 Å². The van der Waals surface area contributed by atoms with E-state index >= 15 is 0 Å². The molecule has 0 amide bonds. The van der Waals surface area contributed by atoms with E-state index in [0.717, 1.165) is 24.8 Å². The van der Waals surface area contributed by atoms with Crippen molar-refractivity contribution in [2.75, 3.05) is 0 Å². The summed E-state index contributed by atoms with van der Waals surface area (Å²) in [5, 5.41) is 0. The maximum Gasteiger partial charge on any atom is 0.165 e. The predicted molar refractivity (Wildman–Crippen MR) is 63.2 cm³/mol. The SMILES string of the molecule is CCc1ccc(OC2CCC(C)C2)c(F)c1. The van der Waals surface area contributed by atoms with Gasteiger partial charge in [-0.05, 0) is 49.3 Å². The number of rotatable bonds is 3. The minimum absolute atomic E-state index is 0.206. The Balaban J connectivity index is 2.04. The summed E-state index contributed by atoms with van der Waals surface area (Å²) in [6.45, 7) is 4.24. The van der Waals surface area contributed by atoms with Gasteiger partial charge in [0, 0.05) is 0 Å². The van der Waals surface area contributed by atoms with E-state index in [0.29, 0.717) is 11.7 Å². The minimum atomic E-state index is -0.223. The molecule has 88 valence electrons. The lowest BCUT2D eigenvalue weighted by Gasteiger charge is -2.14. The minimum Gasteiger partial charge on any atom is -0.487 e. The second-order valence-electron chi connectivity index (χ2n) is 4.78. The Bertz CT molecular complexity index is 362. The summed E-state index contributed by atoms with van der Waals surface area (Å²) in [5.74, 6) is 0.901. The van der Waals surface area contributed by atoms with E-state index in [1.807, 2.05) is 13.0 Å². The first-order valence-electron chi connectivity index (χ1n) is 6.14. The van der Waals surface area contributed by atoms with Crippen LogP contribution in [0.3, 0.4) is 0 Å². The van der Waals surface area contributed by atoms with Gasteiger partial charge in [-0.2, -0.15) is 0 Å². The third-order valence-corrected chi connectivity index (χ3v) is 3.34. The summed E-state index contributed by atoms with van der Waals surface area (Å²) in [6.07, 6.45) is 4.36. The number of ether oxygens (including phenoxy) is 1. The number of benzene rings is 1. The fraction of sp³-hybridized carbons (Fsp3) is 0.571. The normalized spacial score (nSPS) is 24.7. The van der Waals surface area contributed by atoms with Crippen LogP contribution < -0.4 is 4.74 Å².